The van der Waals surface area contributed by atoms with Crippen molar-refractivity contribution >= 4 is 11.6 Å². The SMILES string of the molecule is CCNC(c1cc(Cl)ccc1OC)C1OCCC1C. The van der Waals surface area contributed by atoms with Crippen LogP contribution < -0.4 is 10.1 Å². The Morgan fingerprint density at radius 3 is 2.89 bits per heavy atom. The lowest BCUT2D eigenvalue weighted by atomic mass is 9.92. The van der Waals surface area contributed by atoms with Crippen LogP contribution in [-0.2, 0) is 4.74 Å². The first-order chi connectivity index (χ1) is 9.17. The van der Waals surface area contributed by atoms with Gasteiger partial charge in [0.25, 0.3) is 0 Å². The summed E-state index contributed by atoms with van der Waals surface area (Å²) in [7, 11) is 1.69. The number of likely N-dealkylation sites (N-methyl/N-ethyl adjacent to an activating group) is 1. The van der Waals surface area contributed by atoms with Crippen LogP contribution >= 0.6 is 11.6 Å². The van der Waals surface area contributed by atoms with Crippen molar-refractivity contribution in [1.29, 1.82) is 0 Å². The molecule has 2 rings (SSSR count). The second-order valence-electron chi connectivity index (χ2n) is 5.02. The molecule has 0 aromatic heterocycles. The summed E-state index contributed by atoms with van der Waals surface area (Å²) in [4.78, 5) is 0. The molecule has 3 nitrogen and oxygen atoms in total. The van der Waals surface area contributed by atoms with Gasteiger partial charge in [0.1, 0.15) is 5.75 Å². The van der Waals surface area contributed by atoms with Crippen molar-refractivity contribution in [3.05, 3.63) is 28.8 Å². The van der Waals surface area contributed by atoms with Crippen LogP contribution in [0.15, 0.2) is 18.2 Å². The molecule has 1 saturated heterocycles. The van der Waals surface area contributed by atoms with Gasteiger partial charge in [-0.25, -0.2) is 0 Å². The van der Waals surface area contributed by atoms with Crippen molar-refractivity contribution in [3.63, 3.8) is 0 Å². The highest BCUT2D eigenvalue weighted by Gasteiger charge is 2.34. The van der Waals surface area contributed by atoms with E-state index in [0.717, 1.165) is 35.9 Å². The predicted molar refractivity (Wildman–Crippen MR) is 77.9 cm³/mol. The van der Waals surface area contributed by atoms with Crippen molar-refractivity contribution < 1.29 is 9.47 Å². The first-order valence-corrected chi connectivity index (χ1v) is 7.23. The highest BCUT2D eigenvalue weighted by atomic mass is 35.5. The van der Waals surface area contributed by atoms with Gasteiger partial charge in [-0.3, -0.25) is 0 Å². The second kappa shape index (κ2) is 6.60. The average molecular weight is 284 g/mol. The number of halogens is 1. The molecule has 1 aromatic rings. The third kappa shape index (κ3) is 3.22. The maximum absolute atomic E-state index is 6.14. The number of rotatable bonds is 5. The van der Waals surface area contributed by atoms with Gasteiger partial charge in [0, 0.05) is 17.2 Å². The summed E-state index contributed by atoms with van der Waals surface area (Å²) in [5, 5.41) is 4.24. The normalized spacial score (nSPS) is 24.4. The summed E-state index contributed by atoms with van der Waals surface area (Å²) in [6.45, 7) is 6.05. The van der Waals surface area contributed by atoms with E-state index in [0.29, 0.717) is 5.92 Å². The molecule has 3 atom stereocenters. The summed E-state index contributed by atoms with van der Waals surface area (Å²) in [5.74, 6) is 1.39. The molecular formula is C15H22ClNO2. The van der Waals surface area contributed by atoms with Crippen molar-refractivity contribution in [2.24, 2.45) is 5.92 Å². The Morgan fingerprint density at radius 1 is 1.53 bits per heavy atom. The summed E-state index contributed by atoms with van der Waals surface area (Å²) in [6.07, 6.45) is 1.28. The largest absolute Gasteiger partial charge is 0.496 e. The smallest absolute Gasteiger partial charge is 0.123 e. The molecular weight excluding hydrogens is 262 g/mol. The van der Waals surface area contributed by atoms with E-state index >= 15 is 0 Å². The molecule has 19 heavy (non-hydrogen) atoms. The van der Waals surface area contributed by atoms with E-state index in [2.05, 4.69) is 19.2 Å². The molecule has 1 aliphatic heterocycles. The monoisotopic (exact) mass is 283 g/mol. The van der Waals surface area contributed by atoms with E-state index in [9.17, 15) is 0 Å². The molecule has 0 saturated carbocycles. The van der Waals surface area contributed by atoms with Crippen molar-refractivity contribution in [1.82, 2.24) is 5.32 Å². The third-order valence-corrected chi connectivity index (χ3v) is 3.96. The van der Waals surface area contributed by atoms with Gasteiger partial charge in [-0.15, -0.1) is 0 Å². The molecule has 4 heteroatoms. The van der Waals surface area contributed by atoms with Gasteiger partial charge in [-0.2, -0.15) is 0 Å². The Labute approximate surface area is 120 Å². The lowest BCUT2D eigenvalue weighted by Crippen LogP contribution is -2.35. The topological polar surface area (TPSA) is 30.5 Å². The Bertz CT molecular complexity index is 425. The minimum atomic E-state index is 0.121. The summed E-state index contributed by atoms with van der Waals surface area (Å²) in [6, 6.07) is 5.87. The van der Waals surface area contributed by atoms with E-state index < -0.39 is 0 Å². The molecule has 1 aliphatic rings. The van der Waals surface area contributed by atoms with E-state index in [1.807, 2.05) is 18.2 Å². The van der Waals surface area contributed by atoms with Crippen molar-refractivity contribution in [2.45, 2.75) is 32.4 Å². The van der Waals surface area contributed by atoms with Crippen molar-refractivity contribution in [3.8, 4) is 5.75 Å². The Kier molecular flexibility index (Phi) is 5.08. The zero-order chi connectivity index (χ0) is 13.8. The molecule has 0 radical (unpaired) electrons. The number of ether oxygens (including phenoxy) is 2. The van der Waals surface area contributed by atoms with E-state index in [-0.39, 0.29) is 12.1 Å². The van der Waals surface area contributed by atoms with Gasteiger partial charge in [0.15, 0.2) is 0 Å². The van der Waals surface area contributed by atoms with Crippen LogP contribution in [0.1, 0.15) is 31.9 Å². The van der Waals surface area contributed by atoms with Crippen LogP contribution in [0, 0.1) is 5.92 Å². The summed E-state index contributed by atoms with van der Waals surface area (Å²) in [5.41, 5.74) is 1.08. The minimum absolute atomic E-state index is 0.121. The Hall–Kier alpha value is -0.770. The second-order valence-corrected chi connectivity index (χ2v) is 5.46. The van der Waals surface area contributed by atoms with Crippen LogP contribution in [-0.4, -0.2) is 26.4 Å². The zero-order valence-electron chi connectivity index (χ0n) is 11.8. The van der Waals surface area contributed by atoms with Gasteiger partial charge < -0.3 is 14.8 Å². The molecule has 1 heterocycles. The van der Waals surface area contributed by atoms with Crippen LogP contribution in [0.2, 0.25) is 5.02 Å². The van der Waals surface area contributed by atoms with Crippen LogP contribution in [0.25, 0.3) is 0 Å². The molecule has 0 amide bonds. The van der Waals surface area contributed by atoms with E-state index in [1.165, 1.54) is 0 Å². The standard InChI is InChI=1S/C15H22ClNO2/c1-4-17-14(15-10(2)7-8-19-15)12-9-11(16)5-6-13(12)18-3/h5-6,9-10,14-15,17H,4,7-8H2,1-3H3. The number of hydrogen-bond donors (Lipinski definition) is 1. The highest BCUT2D eigenvalue weighted by Crippen LogP contribution is 2.36. The molecule has 106 valence electrons. The fourth-order valence-electron chi connectivity index (χ4n) is 2.71. The van der Waals surface area contributed by atoms with Gasteiger partial charge in [-0.1, -0.05) is 25.4 Å². The Balaban J connectivity index is 2.35. The third-order valence-electron chi connectivity index (χ3n) is 3.72. The van der Waals surface area contributed by atoms with Gasteiger partial charge in [0.2, 0.25) is 0 Å². The first kappa shape index (κ1) is 14.6. The lowest BCUT2D eigenvalue weighted by Gasteiger charge is -2.28. The predicted octanol–water partition coefficient (Wildman–Crippen LogP) is 3.42. The number of methoxy groups -OCH3 is 1. The van der Waals surface area contributed by atoms with Gasteiger partial charge >= 0.3 is 0 Å². The van der Waals surface area contributed by atoms with Gasteiger partial charge in [0.05, 0.1) is 19.3 Å². The van der Waals surface area contributed by atoms with Crippen LogP contribution in [0.4, 0.5) is 0 Å². The molecule has 1 aromatic carbocycles. The minimum Gasteiger partial charge on any atom is -0.496 e. The number of benzene rings is 1. The zero-order valence-corrected chi connectivity index (χ0v) is 12.5. The van der Waals surface area contributed by atoms with Crippen LogP contribution in [0.5, 0.6) is 5.75 Å². The molecule has 0 spiro atoms. The summed E-state index contributed by atoms with van der Waals surface area (Å²) < 4.78 is 11.4. The number of nitrogens with one attached hydrogen (secondary N) is 1. The number of hydrogen-bond acceptors (Lipinski definition) is 3. The Morgan fingerprint density at radius 2 is 2.32 bits per heavy atom. The molecule has 3 unspecified atom stereocenters. The van der Waals surface area contributed by atoms with E-state index in [4.69, 9.17) is 21.1 Å². The van der Waals surface area contributed by atoms with Crippen molar-refractivity contribution in [2.75, 3.05) is 20.3 Å². The van der Waals surface area contributed by atoms with E-state index in [1.54, 1.807) is 7.11 Å². The lowest BCUT2D eigenvalue weighted by molar-refractivity contribution is 0.0604. The first-order valence-electron chi connectivity index (χ1n) is 6.85. The summed E-state index contributed by atoms with van der Waals surface area (Å²) >= 11 is 6.14. The molecule has 0 bridgehead atoms. The highest BCUT2D eigenvalue weighted by molar-refractivity contribution is 6.30. The quantitative estimate of drug-likeness (QED) is 0.898. The maximum Gasteiger partial charge on any atom is 0.123 e. The molecule has 1 fully saturated rings. The fourth-order valence-corrected chi connectivity index (χ4v) is 2.90. The molecule has 1 N–H and O–H groups in total. The fraction of sp³-hybridized carbons (Fsp3) is 0.600. The molecule has 0 aliphatic carbocycles. The van der Waals surface area contributed by atoms with Gasteiger partial charge in [-0.05, 0) is 37.1 Å². The average Bonchev–Trinajstić information content (AvgIpc) is 2.82. The maximum atomic E-state index is 6.14. The van der Waals surface area contributed by atoms with Crippen LogP contribution in [0.3, 0.4) is 0 Å².